The van der Waals surface area contributed by atoms with Crippen molar-refractivity contribution in [2.75, 3.05) is 13.1 Å². The Morgan fingerprint density at radius 2 is 1.88 bits per heavy atom. The molecule has 0 spiro atoms. The summed E-state index contributed by atoms with van der Waals surface area (Å²) in [5.74, 6) is 0.0676. The van der Waals surface area contributed by atoms with Crippen molar-refractivity contribution in [3.8, 4) is 0 Å². The van der Waals surface area contributed by atoms with Crippen LogP contribution in [0.3, 0.4) is 0 Å². The highest BCUT2D eigenvalue weighted by atomic mass is 19.1. The molecule has 5 heteroatoms. The van der Waals surface area contributed by atoms with Crippen LogP contribution in [-0.2, 0) is 4.79 Å². The standard InChI is InChI=1S/C21H31FN2O2/c1-15(2)6-4-7-16(3)23-20(25)18-8-5-13-24(14-18)21(26)17-9-11-19(22)12-10-17/h9-12,15-16,18H,4-8,13-14H2,1-3H3,(H,23,25). The average molecular weight is 362 g/mol. The minimum Gasteiger partial charge on any atom is -0.353 e. The van der Waals surface area contributed by atoms with Gasteiger partial charge in [0.15, 0.2) is 0 Å². The molecule has 0 radical (unpaired) electrons. The first-order chi connectivity index (χ1) is 12.4. The summed E-state index contributed by atoms with van der Waals surface area (Å²) in [6.07, 6.45) is 4.88. The van der Waals surface area contributed by atoms with Crippen LogP contribution in [-0.4, -0.2) is 35.8 Å². The Bertz CT molecular complexity index is 601. The van der Waals surface area contributed by atoms with Crippen LogP contribution in [0.15, 0.2) is 24.3 Å². The van der Waals surface area contributed by atoms with Gasteiger partial charge in [0, 0.05) is 24.7 Å². The van der Waals surface area contributed by atoms with E-state index in [-0.39, 0.29) is 29.6 Å². The monoisotopic (exact) mass is 362 g/mol. The lowest BCUT2D eigenvalue weighted by atomic mass is 9.95. The van der Waals surface area contributed by atoms with Crippen LogP contribution >= 0.6 is 0 Å². The minimum atomic E-state index is -0.357. The third-order valence-corrected chi connectivity index (χ3v) is 4.98. The van der Waals surface area contributed by atoms with Gasteiger partial charge < -0.3 is 10.2 Å². The van der Waals surface area contributed by atoms with Crippen molar-refractivity contribution in [1.29, 1.82) is 0 Å². The Kier molecular flexibility index (Phi) is 7.61. The normalized spacial score (nSPS) is 18.7. The predicted octanol–water partition coefficient (Wildman–Crippen LogP) is 4.01. The highest BCUT2D eigenvalue weighted by Crippen LogP contribution is 2.20. The maximum atomic E-state index is 13.0. The number of rotatable bonds is 7. The average Bonchev–Trinajstić information content (AvgIpc) is 2.61. The number of halogens is 1. The number of amides is 2. The van der Waals surface area contributed by atoms with Gasteiger partial charge in [0.1, 0.15) is 5.82 Å². The molecule has 1 aliphatic rings. The van der Waals surface area contributed by atoms with Gasteiger partial charge in [-0.3, -0.25) is 9.59 Å². The number of nitrogens with zero attached hydrogens (tertiary/aromatic N) is 1. The Balaban J connectivity index is 1.85. The van der Waals surface area contributed by atoms with Gasteiger partial charge in [0.2, 0.25) is 5.91 Å². The van der Waals surface area contributed by atoms with E-state index in [1.807, 2.05) is 6.92 Å². The van der Waals surface area contributed by atoms with Crippen LogP contribution in [0.2, 0.25) is 0 Å². The Morgan fingerprint density at radius 3 is 2.54 bits per heavy atom. The molecule has 1 aromatic rings. The number of benzene rings is 1. The molecule has 1 heterocycles. The Hall–Kier alpha value is -1.91. The molecule has 2 rings (SSSR count). The van der Waals surface area contributed by atoms with E-state index in [0.29, 0.717) is 24.6 Å². The van der Waals surface area contributed by atoms with Gasteiger partial charge >= 0.3 is 0 Å². The lowest BCUT2D eigenvalue weighted by molar-refractivity contribution is -0.127. The molecule has 26 heavy (non-hydrogen) atoms. The summed E-state index contributed by atoms with van der Waals surface area (Å²) in [5.41, 5.74) is 0.467. The SMILES string of the molecule is CC(C)CCCC(C)NC(=O)C1CCCN(C(=O)c2ccc(F)cc2)C1. The molecule has 0 aromatic heterocycles. The molecule has 2 atom stereocenters. The van der Waals surface area contributed by atoms with Crippen molar-refractivity contribution in [2.24, 2.45) is 11.8 Å². The highest BCUT2D eigenvalue weighted by molar-refractivity contribution is 5.94. The largest absolute Gasteiger partial charge is 0.353 e. The Morgan fingerprint density at radius 1 is 1.19 bits per heavy atom. The summed E-state index contributed by atoms with van der Waals surface area (Å²) >= 11 is 0. The summed E-state index contributed by atoms with van der Waals surface area (Å²) in [6, 6.07) is 5.74. The molecule has 0 aliphatic carbocycles. The maximum Gasteiger partial charge on any atom is 0.253 e. The van der Waals surface area contributed by atoms with Crippen molar-refractivity contribution in [3.63, 3.8) is 0 Å². The van der Waals surface area contributed by atoms with Gasteiger partial charge in [-0.25, -0.2) is 4.39 Å². The number of carbonyl (C=O) groups is 2. The van der Waals surface area contributed by atoms with E-state index >= 15 is 0 Å². The van der Waals surface area contributed by atoms with Crippen LogP contribution in [0.5, 0.6) is 0 Å². The van der Waals surface area contributed by atoms with Gasteiger partial charge in [0.05, 0.1) is 5.92 Å². The van der Waals surface area contributed by atoms with Crippen molar-refractivity contribution in [3.05, 3.63) is 35.6 Å². The smallest absolute Gasteiger partial charge is 0.253 e. The second-order valence-corrected chi connectivity index (χ2v) is 7.83. The summed E-state index contributed by atoms with van der Waals surface area (Å²) in [5, 5.41) is 3.10. The fourth-order valence-electron chi connectivity index (χ4n) is 3.42. The zero-order chi connectivity index (χ0) is 19.1. The lowest BCUT2D eigenvalue weighted by Gasteiger charge is -2.32. The minimum absolute atomic E-state index is 0.0404. The molecule has 1 aromatic carbocycles. The Labute approximate surface area is 156 Å². The zero-order valence-electron chi connectivity index (χ0n) is 16.1. The summed E-state index contributed by atoms with van der Waals surface area (Å²) in [7, 11) is 0. The molecule has 1 saturated heterocycles. The molecule has 2 unspecified atom stereocenters. The second-order valence-electron chi connectivity index (χ2n) is 7.83. The molecule has 144 valence electrons. The number of carbonyl (C=O) groups excluding carboxylic acids is 2. The van der Waals surface area contributed by atoms with E-state index < -0.39 is 0 Å². The molecule has 0 bridgehead atoms. The quantitative estimate of drug-likeness (QED) is 0.797. The van der Waals surface area contributed by atoms with Crippen LogP contribution in [0.4, 0.5) is 4.39 Å². The van der Waals surface area contributed by atoms with Crippen molar-refractivity contribution in [1.82, 2.24) is 10.2 Å². The fraction of sp³-hybridized carbons (Fsp3) is 0.619. The number of likely N-dealkylation sites (tertiary alicyclic amines) is 1. The fourth-order valence-corrected chi connectivity index (χ4v) is 3.42. The second kappa shape index (κ2) is 9.70. The molecule has 1 N–H and O–H groups in total. The van der Waals surface area contributed by atoms with E-state index in [1.165, 1.54) is 30.7 Å². The van der Waals surface area contributed by atoms with Crippen LogP contribution in [0.1, 0.15) is 63.2 Å². The predicted molar refractivity (Wildman–Crippen MR) is 101 cm³/mol. The van der Waals surface area contributed by atoms with E-state index in [2.05, 4.69) is 19.2 Å². The van der Waals surface area contributed by atoms with Crippen LogP contribution in [0.25, 0.3) is 0 Å². The number of hydrogen-bond donors (Lipinski definition) is 1. The third-order valence-electron chi connectivity index (χ3n) is 4.98. The van der Waals surface area contributed by atoms with Crippen LogP contribution in [0, 0.1) is 17.7 Å². The molecule has 1 fully saturated rings. The molecular weight excluding hydrogens is 331 g/mol. The number of nitrogens with one attached hydrogen (secondary N) is 1. The molecule has 4 nitrogen and oxygen atoms in total. The molecular formula is C21H31FN2O2. The first-order valence-electron chi connectivity index (χ1n) is 9.72. The van der Waals surface area contributed by atoms with Crippen molar-refractivity contribution in [2.45, 2.75) is 58.9 Å². The third kappa shape index (κ3) is 6.11. The molecule has 0 saturated carbocycles. The van der Waals surface area contributed by atoms with Gasteiger partial charge in [-0.1, -0.05) is 26.7 Å². The van der Waals surface area contributed by atoms with Crippen LogP contribution < -0.4 is 5.32 Å². The van der Waals surface area contributed by atoms with E-state index in [0.717, 1.165) is 25.7 Å². The topological polar surface area (TPSA) is 49.4 Å². The van der Waals surface area contributed by atoms with E-state index in [1.54, 1.807) is 4.90 Å². The van der Waals surface area contributed by atoms with Crippen molar-refractivity contribution < 1.29 is 14.0 Å². The van der Waals surface area contributed by atoms with Gasteiger partial charge in [-0.15, -0.1) is 0 Å². The summed E-state index contributed by atoms with van der Waals surface area (Å²) < 4.78 is 13.0. The summed E-state index contributed by atoms with van der Waals surface area (Å²) in [4.78, 5) is 26.8. The van der Waals surface area contributed by atoms with Gasteiger partial charge in [-0.2, -0.15) is 0 Å². The van der Waals surface area contributed by atoms with Gasteiger partial charge in [-0.05, 0) is 56.4 Å². The lowest BCUT2D eigenvalue weighted by Crippen LogP contribution is -2.47. The number of hydrogen-bond acceptors (Lipinski definition) is 2. The molecule has 1 aliphatic heterocycles. The van der Waals surface area contributed by atoms with Crippen molar-refractivity contribution >= 4 is 11.8 Å². The van der Waals surface area contributed by atoms with Gasteiger partial charge in [0.25, 0.3) is 5.91 Å². The molecule has 2 amide bonds. The first kappa shape index (κ1) is 20.4. The first-order valence-corrected chi connectivity index (χ1v) is 9.72. The van der Waals surface area contributed by atoms with E-state index in [4.69, 9.17) is 0 Å². The van der Waals surface area contributed by atoms with E-state index in [9.17, 15) is 14.0 Å². The maximum absolute atomic E-state index is 13.0. The highest BCUT2D eigenvalue weighted by Gasteiger charge is 2.29. The zero-order valence-corrected chi connectivity index (χ0v) is 16.1. The summed E-state index contributed by atoms with van der Waals surface area (Å²) in [6.45, 7) is 7.53. The number of piperidine rings is 1.